The van der Waals surface area contributed by atoms with Gasteiger partial charge in [-0.2, -0.15) is 0 Å². The van der Waals surface area contributed by atoms with Crippen molar-refractivity contribution in [1.29, 1.82) is 0 Å². The van der Waals surface area contributed by atoms with Gasteiger partial charge in [0, 0.05) is 17.8 Å². The fraction of sp³-hybridized carbons (Fsp3) is 0.556. The van der Waals surface area contributed by atoms with Crippen molar-refractivity contribution in [2.24, 2.45) is 5.92 Å². The van der Waals surface area contributed by atoms with Crippen LogP contribution in [-0.2, 0) is 4.79 Å². The minimum Gasteiger partial charge on any atom is -0.352 e. The zero-order valence-electron chi connectivity index (χ0n) is 14.1. The molecule has 1 aromatic rings. The SMILES string of the molecule is CCCNC(=O)c1ccc(NC(=O)CN2CCC(C)CC2)cc1. The van der Waals surface area contributed by atoms with Crippen LogP contribution < -0.4 is 10.6 Å². The summed E-state index contributed by atoms with van der Waals surface area (Å²) in [5.41, 5.74) is 1.34. The number of piperidine rings is 1. The van der Waals surface area contributed by atoms with E-state index in [0.29, 0.717) is 18.7 Å². The molecular weight excluding hydrogens is 290 g/mol. The van der Waals surface area contributed by atoms with E-state index in [4.69, 9.17) is 0 Å². The molecule has 0 saturated carbocycles. The Bertz CT molecular complexity index is 520. The molecule has 1 fully saturated rings. The van der Waals surface area contributed by atoms with E-state index in [-0.39, 0.29) is 11.8 Å². The topological polar surface area (TPSA) is 61.4 Å². The average molecular weight is 317 g/mol. The minimum absolute atomic E-state index is 0.00253. The Hall–Kier alpha value is -1.88. The number of likely N-dealkylation sites (tertiary alicyclic amines) is 1. The van der Waals surface area contributed by atoms with E-state index in [1.54, 1.807) is 24.3 Å². The fourth-order valence-electron chi connectivity index (χ4n) is 2.67. The largest absolute Gasteiger partial charge is 0.352 e. The van der Waals surface area contributed by atoms with Gasteiger partial charge in [0.1, 0.15) is 0 Å². The molecule has 0 bridgehead atoms. The third-order valence-corrected chi connectivity index (χ3v) is 4.21. The van der Waals surface area contributed by atoms with Crippen molar-refractivity contribution in [2.45, 2.75) is 33.1 Å². The van der Waals surface area contributed by atoms with E-state index in [1.165, 1.54) is 0 Å². The van der Waals surface area contributed by atoms with Crippen molar-refractivity contribution in [2.75, 3.05) is 31.5 Å². The maximum absolute atomic E-state index is 12.1. The standard InChI is InChI=1S/C18H27N3O2/c1-3-10-19-18(23)15-4-6-16(7-5-15)20-17(22)13-21-11-8-14(2)9-12-21/h4-7,14H,3,8-13H2,1-2H3,(H,19,23)(H,20,22). The van der Waals surface area contributed by atoms with Gasteiger partial charge in [-0.3, -0.25) is 14.5 Å². The van der Waals surface area contributed by atoms with Gasteiger partial charge in [-0.15, -0.1) is 0 Å². The second kappa shape index (κ2) is 8.67. The summed E-state index contributed by atoms with van der Waals surface area (Å²) in [5.74, 6) is 0.690. The molecule has 23 heavy (non-hydrogen) atoms. The molecule has 2 N–H and O–H groups in total. The molecule has 0 aliphatic carbocycles. The predicted molar refractivity (Wildman–Crippen MR) is 92.5 cm³/mol. The van der Waals surface area contributed by atoms with Gasteiger partial charge < -0.3 is 10.6 Å². The molecule has 0 spiro atoms. The molecule has 126 valence electrons. The van der Waals surface area contributed by atoms with Gasteiger partial charge in [0.25, 0.3) is 5.91 Å². The third kappa shape index (κ3) is 5.67. The predicted octanol–water partition coefficient (Wildman–Crippen LogP) is 2.50. The number of carbonyl (C=O) groups is 2. The summed E-state index contributed by atoms with van der Waals surface area (Å²) in [6, 6.07) is 7.03. The van der Waals surface area contributed by atoms with Gasteiger partial charge in [-0.1, -0.05) is 13.8 Å². The second-order valence-corrected chi connectivity index (χ2v) is 6.34. The first-order valence-electron chi connectivity index (χ1n) is 8.49. The van der Waals surface area contributed by atoms with E-state index >= 15 is 0 Å². The number of nitrogens with one attached hydrogen (secondary N) is 2. The van der Waals surface area contributed by atoms with Crippen molar-refractivity contribution in [3.63, 3.8) is 0 Å². The van der Waals surface area contributed by atoms with Crippen LogP contribution in [0.2, 0.25) is 0 Å². The Morgan fingerprint density at radius 3 is 2.43 bits per heavy atom. The molecule has 0 radical (unpaired) electrons. The molecule has 0 atom stereocenters. The van der Waals surface area contributed by atoms with Gasteiger partial charge in [0.15, 0.2) is 0 Å². The van der Waals surface area contributed by atoms with E-state index < -0.39 is 0 Å². The zero-order valence-corrected chi connectivity index (χ0v) is 14.1. The average Bonchev–Trinajstić information content (AvgIpc) is 2.55. The molecule has 0 unspecified atom stereocenters. The molecular formula is C18H27N3O2. The van der Waals surface area contributed by atoms with Gasteiger partial charge >= 0.3 is 0 Å². The smallest absolute Gasteiger partial charge is 0.251 e. The van der Waals surface area contributed by atoms with Crippen LogP contribution in [0.25, 0.3) is 0 Å². The van der Waals surface area contributed by atoms with Crippen LogP contribution in [0.3, 0.4) is 0 Å². The van der Waals surface area contributed by atoms with Crippen LogP contribution in [-0.4, -0.2) is 42.9 Å². The summed E-state index contributed by atoms with van der Waals surface area (Å²) < 4.78 is 0. The first-order chi connectivity index (χ1) is 11.1. The van der Waals surface area contributed by atoms with Crippen LogP contribution in [0.4, 0.5) is 5.69 Å². The fourth-order valence-corrected chi connectivity index (χ4v) is 2.67. The lowest BCUT2D eigenvalue weighted by atomic mass is 9.99. The third-order valence-electron chi connectivity index (χ3n) is 4.21. The van der Waals surface area contributed by atoms with Gasteiger partial charge in [0.2, 0.25) is 5.91 Å². The molecule has 0 aromatic heterocycles. The maximum atomic E-state index is 12.1. The Balaban J connectivity index is 1.80. The first-order valence-corrected chi connectivity index (χ1v) is 8.49. The molecule has 1 saturated heterocycles. The minimum atomic E-state index is -0.0767. The van der Waals surface area contributed by atoms with Gasteiger partial charge in [-0.25, -0.2) is 0 Å². The van der Waals surface area contributed by atoms with Crippen molar-refractivity contribution < 1.29 is 9.59 Å². The molecule has 1 aliphatic heterocycles. The van der Waals surface area contributed by atoms with Gasteiger partial charge in [0.05, 0.1) is 6.54 Å². The molecule has 2 amide bonds. The molecule has 5 nitrogen and oxygen atoms in total. The number of anilines is 1. The number of benzene rings is 1. The van der Waals surface area contributed by atoms with Crippen LogP contribution in [0.5, 0.6) is 0 Å². The molecule has 1 heterocycles. The lowest BCUT2D eigenvalue weighted by Crippen LogP contribution is -2.38. The summed E-state index contributed by atoms with van der Waals surface area (Å²) in [6.07, 6.45) is 3.23. The Morgan fingerprint density at radius 1 is 1.17 bits per heavy atom. The van der Waals surface area contributed by atoms with Crippen LogP contribution >= 0.6 is 0 Å². The number of rotatable bonds is 6. The van der Waals surface area contributed by atoms with Crippen molar-refractivity contribution in [3.05, 3.63) is 29.8 Å². The van der Waals surface area contributed by atoms with Crippen LogP contribution in [0, 0.1) is 5.92 Å². The highest BCUT2D eigenvalue weighted by molar-refractivity contribution is 5.96. The maximum Gasteiger partial charge on any atom is 0.251 e. The van der Waals surface area contributed by atoms with E-state index in [1.807, 2.05) is 6.92 Å². The van der Waals surface area contributed by atoms with Crippen LogP contribution in [0.1, 0.15) is 43.5 Å². The molecule has 1 aromatic carbocycles. The monoisotopic (exact) mass is 317 g/mol. The molecule has 2 rings (SSSR count). The number of hydrogen-bond donors (Lipinski definition) is 2. The summed E-state index contributed by atoms with van der Waals surface area (Å²) in [5, 5.41) is 5.73. The highest BCUT2D eigenvalue weighted by Gasteiger charge is 2.17. The summed E-state index contributed by atoms with van der Waals surface area (Å²) in [7, 11) is 0. The highest BCUT2D eigenvalue weighted by Crippen LogP contribution is 2.16. The number of amides is 2. The van der Waals surface area contributed by atoms with E-state index in [9.17, 15) is 9.59 Å². The number of carbonyl (C=O) groups excluding carboxylic acids is 2. The lowest BCUT2D eigenvalue weighted by Gasteiger charge is -2.29. The highest BCUT2D eigenvalue weighted by atomic mass is 16.2. The number of hydrogen-bond acceptors (Lipinski definition) is 3. The van der Waals surface area contributed by atoms with Gasteiger partial charge in [-0.05, 0) is 62.5 Å². The summed E-state index contributed by atoms with van der Waals surface area (Å²) >= 11 is 0. The van der Waals surface area contributed by atoms with E-state index in [0.717, 1.165) is 44.0 Å². The van der Waals surface area contributed by atoms with Crippen molar-refractivity contribution in [3.8, 4) is 0 Å². The van der Waals surface area contributed by atoms with E-state index in [2.05, 4.69) is 22.5 Å². The van der Waals surface area contributed by atoms with Crippen LogP contribution in [0.15, 0.2) is 24.3 Å². The lowest BCUT2D eigenvalue weighted by molar-refractivity contribution is -0.117. The first kappa shape index (κ1) is 17.5. The quantitative estimate of drug-likeness (QED) is 0.847. The molecule has 1 aliphatic rings. The zero-order chi connectivity index (χ0) is 16.7. The Morgan fingerprint density at radius 2 is 1.83 bits per heavy atom. The number of nitrogens with zero attached hydrogens (tertiary/aromatic N) is 1. The molecule has 5 heteroatoms. The summed E-state index contributed by atoms with van der Waals surface area (Å²) in [6.45, 7) is 7.37. The Labute approximate surface area is 138 Å². The normalized spacial score (nSPS) is 16.1. The Kier molecular flexibility index (Phi) is 6.59. The van der Waals surface area contributed by atoms with Crippen molar-refractivity contribution in [1.82, 2.24) is 10.2 Å². The second-order valence-electron chi connectivity index (χ2n) is 6.34. The summed E-state index contributed by atoms with van der Waals surface area (Å²) in [4.78, 5) is 26.1. The van der Waals surface area contributed by atoms with Crippen molar-refractivity contribution >= 4 is 17.5 Å².